The number of ether oxygens (including phenoxy) is 2. The first kappa shape index (κ1) is 32.7. The Morgan fingerprint density at radius 3 is 2.49 bits per heavy atom. The molecule has 3 aromatic rings. The summed E-state index contributed by atoms with van der Waals surface area (Å²) in [6.45, 7) is 12.9. The molecule has 2 aromatic heterocycles. The molecule has 0 atom stereocenters. The molecule has 0 aliphatic carbocycles. The van der Waals surface area contributed by atoms with Crippen LogP contribution in [0.25, 0.3) is 22.4 Å². The van der Waals surface area contributed by atoms with E-state index in [0.29, 0.717) is 74.7 Å². The highest BCUT2D eigenvalue weighted by molar-refractivity contribution is 7.89. The molecule has 0 saturated carbocycles. The number of methoxy groups -OCH3 is 1. The van der Waals surface area contributed by atoms with Gasteiger partial charge in [-0.1, -0.05) is 27.2 Å². The van der Waals surface area contributed by atoms with Gasteiger partial charge in [0.2, 0.25) is 10.0 Å². The van der Waals surface area contributed by atoms with Gasteiger partial charge < -0.3 is 24.7 Å². The molecule has 0 radical (unpaired) electrons. The van der Waals surface area contributed by atoms with E-state index in [-0.39, 0.29) is 16.3 Å². The monoisotopic (exact) mass is 591 g/mol. The first-order valence-electron chi connectivity index (χ1n) is 14.4. The lowest BCUT2D eigenvalue weighted by Gasteiger charge is -2.26. The lowest BCUT2D eigenvalue weighted by atomic mass is 10.1. The number of H-pyrrole nitrogens is 1. The largest absolute Gasteiger partial charge is 0.493 e. The molecule has 3 rings (SSSR count). The van der Waals surface area contributed by atoms with Gasteiger partial charge in [0.25, 0.3) is 5.56 Å². The first-order valence-corrected chi connectivity index (χ1v) is 15.8. The van der Waals surface area contributed by atoms with Gasteiger partial charge in [0.15, 0.2) is 5.52 Å². The van der Waals surface area contributed by atoms with E-state index in [4.69, 9.17) is 14.5 Å². The summed E-state index contributed by atoms with van der Waals surface area (Å²) in [6, 6.07) is 4.73. The summed E-state index contributed by atoms with van der Waals surface area (Å²) in [7, 11) is -0.544. The Labute approximate surface area is 243 Å². The van der Waals surface area contributed by atoms with Gasteiger partial charge >= 0.3 is 0 Å². The van der Waals surface area contributed by atoms with Crippen molar-refractivity contribution in [2.24, 2.45) is 7.05 Å². The standard InChI is InChI=1S/C28H45N7O5S/c1-7-11-23-25-26(33(5)32-23)28(36)31-27(30-25)22-20-21(12-13-24(22)40-10-4)41(37,38)35(16-14-29-15-19-39-6)18-17-34(8-2)9-3/h12-13,20,29H,7-11,14-19H2,1-6H3,(H,30,31,36). The highest BCUT2D eigenvalue weighted by atomic mass is 32.2. The lowest BCUT2D eigenvalue weighted by Crippen LogP contribution is -2.42. The Morgan fingerprint density at radius 1 is 1.07 bits per heavy atom. The Bertz CT molecular complexity index is 1430. The van der Waals surface area contributed by atoms with Crippen molar-refractivity contribution in [1.29, 1.82) is 0 Å². The third kappa shape index (κ3) is 7.92. The molecule has 0 unspecified atom stereocenters. The van der Waals surface area contributed by atoms with Crippen LogP contribution in [0, 0.1) is 0 Å². The fraction of sp³-hybridized carbons (Fsp3) is 0.607. The van der Waals surface area contributed by atoms with Gasteiger partial charge in [0, 0.05) is 46.9 Å². The summed E-state index contributed by atoms with van der Waals surface area (Å²) in [6.07, 6.45) is 1.51. The molecule has 2 N–H and O–H groups in total. The van der Waals surface area contributed by atoms with Crippen LogP contribution in [0.2, 0.25) is 0 Å². The van der Waals surface area contributed by atoms with E-state index in [1.54, 1.807) is 32.4 Å². The first-order chi connectivity index (χ1) is 19.7. The minimum Gasteiger partial charge on any atom is -0.493 e. The molecule has 0 fully saturated rings. The second kappa shape index (κ2) is 15.4. The zero-order chi connectivity index (χ0) is 30.0. The maximum atomic E-state index is 14.0. The van der Waals surface area contributed by atoms with Crippen molar-refractivity contribution in [3.05, 3.63) is 34.2 Å². The highest BCUT2D eigenvalue weighted by Gasteiger charge is 2.27. The van der Waals surface area contributed by atoms with E-state index < -0.39 is 10.0 Å². The number of aromatic amines is 1. The molecular weight excluding hydrogens is 546 g/mol. The number of aryl methyl sites for hydroxylation is 2. The minimum atomic E-state index is -3.89. The number of aromatic nitrogens is 4. The zero-order valence-corrected chi connectivity index (χ0v) is 26.0. The predicted molar refractivity (Wildman–Crippen MR) is 161 cm³/mol. The smallest absolute Gasteiger partial charge is 0.277 e. The number of benzene rings is 1. The number of nitrogens with zero attached hydrogens (tertiary/aromatic N) is 5. The molecule has 0 aliphatic rings. The van der Waals surface area contributed by atoms with Crippen molar-refractivity contribution in [2.75, 3.05) is 66.1 Å². The van der Waals surface area contributed by atoms with Crippen LogP contribution in [0.5, 0.6) is 5.75 Å². The number of fused-ring (bicyclic) bond motifs is 1. The molecule has 13 heteroatoms. The zero-order valence-electron chi connectivity index (χ0n) is 25.2. The summed E-state index contributed by atoms with van der Waals surface area (Å²) in [5, 5.41) is 7.73. The average Bonchev–Trinajstić information content (AvgIpc) is 3.27. The Morgan fingerprint density at radius 2 is 1.83 bits per heavy atom. The van der Waals surface area contributed by atoms with E-state index in [1.165, 1.54) is 8.99 Å². The van der Waals surface area contributed by atoms with Crippen molar-refractivity contribution < 1.29 is 17.9 Å². The SMILES string of the molecule is CCCc1nn(C)c2c(=O)[nH]c(-c3cc(S(=O)(=O)N(CCNCCOC)CCN(CC)CC)ccc3OCC)nc12. The molecule has 0 aliphatic heterocycles. The van der Waals surface area contributed by atoms with Gasteiger partial charge in [0.05, 0.1) is 29.4 Å². The second-order valence-corrected chi connectivity index (χ2v) is 11.6. The molecule has 0 amide bonds. The number of nitrogens with one attached hydrogen (secondary N) is 2. The van der Waals surface area contributed by atoms with E-state index in [9.17, 15) is 13.2 Å². The number of hydrogen-bond donors (Lipinski definition) is 2. The van der Waals surface area contributed by atoms with Gasteiger partial charge in [0.1, 0.15) is 17.1 Å². The van der Waals surface area contributed by atoms with E-state index in [2.05, 4.69) is 34.1 Å². The van der Waals surface area contributed by atoms with Crippen LogP contribution < -0.4 is 15.6 Å². The fourth-order valence-corrected chi connectivity index (χ4v) is 6.17. The van der Waals surface area contributed by atoms with Crippen LogP contribution in [-0.2, 0) is 28.2 Å². The predicted octanol–water partition coefficient (Wildman–Crippen LogP) is 2.24. The Kier molecular flexibility index (Phi) is 12.3. The fourth-order valence-electron chi connectivity index (χ4n) is 4.71. The molecule has 1 aromatic carbocycles. The number of hydrogen-bond acceptors (Lipinski definition) is 9. The normalized spacial score (nSPS) is 12.2. The number of sulfonamides is 1. The van der Waals surface area contributed by atoms with Crippen LogP contribution in [-0.4, -0.2) is 104 Å². The Balaban J connectivity index is 2.07. The molecule has 41 heavy (non-hydrogen) atoms. The summed E-state index contributed by atoms with van der Waals surface area (Å²) >= 11 is 0. The van der Waals surface area contributed by atoms with Crippen molar-refractivity contribution in [3.8, 4) is 17.1 Å². The number of rotatable bonds is 18. The molecule has 0 bridgehead atoms. The van der Waals surface area contributed by atoms with Crippen LogP contribution in [0.4, 0.5) is 0 Å². The van der Waals surface area contributed by atoms with Crippen molar-refractivity contribution >= 4 is 21.1 Å². The summed E-state index contributed by atoms with van der Waals surface area (Å²) < 4.78 is 42.0. The van der Waals surface area contributed by atoms with E-state index in [0.717, 1.165) is 25.2 Å². The number of likely N-dealkylation sites (N-methyl/N-ethyl adjacent to an activating group) is 1. The quantitative estimate of drug-likeness (QED) is 0.214. The third-order valence-corrected chi connectivity index (χ3v) is 8.87. The third-order valence-electron chi connectivity index (χ3n) is 6.97. The maximum absolute atomic E-state index is 14.0. The van der Waals surface area contributed by atoms with Gasteiger partial charge in [-0.2, -0.15) is 9.40 Å². The van der Waals surface area contributed by atoms with Gasteiger partial charge in [-0.05, 0) is 44.6 Å². The van der Waals surface area contributed by atoms with Crippen molar-refractivity contribution in [2.45, 2.75) is 45.4 Å². The van der Waals surface area contributed by atoms with Crippen molar-refractivity contribution in [3.63, 3.8) is 0 Å². The van der Waals surface area contributed by atoms with Crippen molar-refractivity contribution in [1.82, 2.24) is 34.3 Å². The molecule has 12 nitrogen and oxygen atoms in total. The molecule has 0 spiro atoms. The summed E-state index contributed by atoms with van der Waals surface area (Å²) in [4.78, 5) is 23.0. The lowest BCUT2D eigenvalue weighted by molar-refractivity contribution is 0.198. The Hall–Kier alpha value is -2.84. The summed E-state index contributed by atoms with van der Waals surface area (Å²) in [5.74, 6) is 0.676. The van der Waals surface area contributed by atoms with E-state index >= 15 is 0 Å². The topological polar surface area (TPSA) is 135 Å². The minimum absolute atomic E-state index is 0.107. The average molecular weight is 592 g/mol. The van der Waals surface area contributed by atoms with Crippen LogP contribution >= 0.6 is 0 Å². The molecule has 2 heterocycles. The molecule has 228 valence electrons. The molecule has 0 saturated heterocycles. The summed E-state index contributed by atoms with van der Waals surface area (Å²) in [5.41, 5.74) is 1.66. The maximum Gasteiger partial charge on any atom is 0.277 e. The van der Waals surface area contributed by atoms with Gasteiger partial charge in [-0.3, -0.25) is 9.48 Å². The molecular formula is C28H45N7O5S. The van der Waals surface area contributed by atoms with Crippen LogP contribution in [0.3, 0.4) is 0 Å². The van der Waals surface area contributed by atoms with Crippen LogP contribution in [0.1, 0.15) is 39.8 Å². The van der Waals surface area contributed by atoms with Gasteiger partial charge in [-0.25, -0.2) is 13.4 Å². The highest BCUT2D eigenvalue weighted by Crippen LogP contribution is 2.32. The van der Waals surface area contributed by atoms with E-state index in [1.807, 2.05) is 13.8 Å². The second-order valence-electron chi connectivity index (χ2n) is 9.70. The van der Waals surface area contributed by atoms with Gasteiger partial charge in [-0.15, -0.1) is 0 Å². The van der Waals surface area contributed by atoms with Crippen LogP contribution in [0.15, 0.2) is 27.9 Å².